The molecule has 0 aliphatic carbocycles. The van der Waals surface area contributed by atoms with Crippen molar-refractivity contribution in [3.63, 3.8) is 0 Å². The van der Waals surface area contributed by atoms with Gasteiger partial charge in [0, 0.05) is 17.2 Å². The number of para-hydroxylation sites is 1. The molecule has 3 heterocycles. The van der Waals surface area contributed by atoms with E-state index in [1.54, 1.807) is 24.4 Å². The molecule has 0 N–H and O–H groups in total. The highest BCUT2D eigenvalue weighted by atomic mass is 32.2. The van der Waals surface area contributed by atoms with Crippen LogP contribution >= 0.6 is 11.8 Å². The summed E-state index contributed by atoms with van der Waals surface area (Å²) in [5.74, 6) is 1.98. The normalized spacial score (nSPS) is 11.1. The summed E-state index contributed by atoms with van der Waals surface area (Å²) in [4.78, 5) is 8.62. The van der Waals surface area contributed by atoms with E-state index < -0.39 is 0 Å². The summed E-state index contributed by atoms with van der Waals surface area (Å²) in [6.07, 6.45) is 3.20. The number of furan rings is 1. The third-order valence-electron chi connectivity index (χ3n) is 3.19. The van der Waals surface area contributed by atoms with E-state index in [1.165, 1.54) is 0 Å². The van der Waals surface area contributed by atoms with Crippen molar-refractivity contribution >= 4 is 22.7 Å². The number of aromatic nitrogens is 3. The van der Waals surface area contributed by atoms with Crippen molar-refractivity contribution < 1.29 is 8.94 Å². The number of nitrogens with zero attached hydrogens (tertiary/aromatic N) is 3. The molecule has 108 valence electrons. The van der Waals surface area contributed by atoms with E-state index in [0.717, 1.165) is 21.6 Å². The van der Waals surface area contributed by atoms with Crippen molar-refractivity contribution in [3.8, 4) is 11.5 Å². The molecule has 4 rings (SSSR count). The first-order chi connectivity index (χ1) is 10.9. The lowest BCUT2D eigenvalue weighted by Crippen LogP contribution is -1.87. The van der Waals surface area contributed by atoms with Gasteiger partial charge in [0.05, 0.1) is 17.5 Å². The lowest BCUT2D eigenvalue weighted by atomic mass is 10.2. The summed E-state index contributed by atoms with van der Waals surface area (Å²) >= 11 is 1.61. The molecule has 6 heteroatoms. The molecule has 22 heavy (non-hydrogen) atoms. The maximum Gasteiger partial charge on any atom is 0.202 e. The van der Waals surface area contributed by atoms with Gasteiger partial charge in [0.2, 0.25) is 5.76 Å². The van der Waals surface area contributed by atoms with Crippen molar-refractivity contribution in [1.82, 2.24) is 15.1 Å². The average molecular weight is 309 g/mol. The summed E-state index contributed by atoms with van der Waals surface area (Å²) in [6.45, 7) is 0. The summed E-state index contributed by atoms with van der Waals surface area (Å²) < 4.78 is 10.6. The molecule has 0 spiro atoms. The van der Waals surface area contributed by atoms with Gasteiger partial charge in [0.25, 0.3) is 0 Å². The fourth-order valence-corrected chi connectivity index (χ4v) is 3.02. The molecule has 0 saturated heterocycles. The van der Waals surface area contributed by atoms with Crippen LogP contribution in [0.3, 0.4) is 0 Å². The zero-order chi connectivity index (χ0) is 14.8. The van der Waals surface area contributed by atoms with Crippen LogP contribution in [-0.4, -0.2) is 15.1 Å². The van der Waals surface area contributed by atoms with Crippen molar-refractivity contribution in [3.05, 3.63) is 60.7 Å². The minimum absolute atomic E-state index is 0.633. The number of rotatable bonds is 4. The molecule has 4 aromatic rings. The highest BCUT2D eigenvalue weighted by molar-refractivity contribution is 7.98. The fraction of sp³-hybridized carbons (Fsp3) is 0.0625. The highest BCUT2D eigenvalue weighted by Gasteiger charge is 2.10. The zero-order valence-corrected chi connectivity index (χ0v) is 12.3. The number of benzene rings is 1. The van der Waals surface area contributed by atoms with Crippen LogP contribution in [0, 0.1) is 0 Å². The standard InChI is InChI=1S/C16H11N3O2S/c1-2-5-13-12(4-1)16(18-10-17-13)22-9-11-8-15(21-19-11)14-6-3-7-20-14/h1-8,10H,9H2. The predicted octanol–water partition coefficient (Wildman–Crippen LogP) is 4.17. The molecule has 0 amide bonds. The number of hydrogen-bond donors (Lipinski definition) is 0. The Kier molecular flexibility index (Phi) is 3.36. The Labute approximate surface area is 130 Å². The molecule has 0 bridgehead atoms. The quantitative estimate of drug-likeness (QED) is 0.416. The van der Waals surface area contributed by atoms with E-state index in [0.29, 0.717) is 17.3 Å². The Hall–Kier alpha value is -2.60. The van der Waals surface area contributed by atoms with Crippen LogP contribution in [-0.2, 0) is 5.75 Å². The predicted molar refractivity (Wildman–Crippen MR) is 83.3 cm³/mol. The maximum absolute atomic E-state index is 5.30. The lowest BCUT2D eigenvalue weighted by molar-refractivity contribution is 0.413. The second-order valence-corrected chi connectivity index (χ2v) is 5.61. The maximum atomic E-state index is 5.30. The van der Waals surface area contributed by atoms with Gasteiger partial charge < -0.3 is 8.94 Å². The third-order valence-corrected chi connectivity index (χ3v) is 4.22. The van der Waals surface area contributed by atoms with Crippen LogP contribution in [0.15, 0.2) is 69.0 Å². The largest absolute Gasteiger partial charge is 0.461 e. The van der Waals surface area contributed by atoms with E-state index in [1.807, 2.05) is 42.5 Å². The Balaban J connectivity index is 1.55. The molecule has 0 fully saturated rings. The Morgan fingerprint density at radius 1 is 1.00 bits per heavy atom. The van der Waals surface area contributed by atoms with Crippen molar-refractivity contribution in [2.45, 2.75) is 10.8 Å². The lowest BCUT2D eigenvalue weighted by Gasteiger charge is -2.02. The van der Waals surface area contributed by atoms with Crippen molar-refractivity contribution in [2.75, 3.05) is 0 Å². The van der Waals surface area contributed by atoms with Gasteiger partial charge in [-0.3, -0.25) is 0 Å². The second-order valence-electron chi connectivity index (χ2n) is 4.64. The summed E-state index contributed by atoms with van der Waals surface area (Å²) in [7, 11) is 0. The Morgan fingerprint density at radius 2 is 1.95 bits per heavy atom. The number of thioether (sulfide) groups is 1. The Morgan fingerprint density at radius 3 is 2.86 bits per heavy atom. The Bertz CT molecular complexity index is 897. The SMILES string of the molecule is c1coc(-c2cc(CSc3ncnc4ccccc34)no2)c1. The van der Waals surface area contributed by atoms with Crippen LogP contribution in [0.2, 0.25) is 0 Å². The average Bonchev–Trinajstić information content (AvgIpc) is 3.24. The molecule has 3 aromatic heterocycles. The smallest absolute Gasteiger partial charge is 0.202 e. The van der Waals surface area contributed by atoms with Gasteiger partial charge in [-0.25, -0.2) is 9.97 Å². The molecule has 0 radical (unpaired) electrons. The fourth-order valence-electron chi connectivity index (χ4n) is 2.15. The van der Waals surface area contributed by atoms with Gasteiger partial charge in [0.15, 0.2) is 5.76 Å². The monoisotopic (exact) mass is 309 g/mol. The van der Waals surface area contributed by atoms with Crippen molar-refractivity contribution in [1.29, 1.82) is 0 Å². The van der Waals surface area contributed by atoms with Crippen LogP contribution < -0.4 is 0 Å². The molecule has 0 aliphatic rings. The van der Waals surface area contributed by atoms with Gasteiger partial charge in [-0.1, -0.05) is 35.1 Å². The topological polar surface area (TPSA) is 65.0 Å². The molecular formula is C16H11N3O2S. The molecule has 0 aliphatic heterocycles. The van der Waals surface area contributed by atoms with E-state index in [4.69, 9.17) is 8.94 Å². The van der Waals surface area contributed by atoms with E-state index >= 15 is 0 Å². The van der Waals surface area contributed by atoms with E-state index in [-0.39, 0.29) is 0 Å². The van der Waals surface area contributed by atoms with Crippen LogP contribution in [0.5, 0.6) is 0 Å². The van der Waals surface area contributed by atoms with Gasteiger partial charge in [0.1, 0.15) is 11.4 Å². The summed E-state index contributed by atoms with van der Waals surface area (Å²) in [5.41, 5.74) is 1.79. The molecule has 0 unspecified atom stereocenters. The zero-order valence-electron chi connectivity index (χ0n) is 11.5. The van der Waals surface area contributed by atoms with Crippen LogP contribution in [0.4, 0.5) is 0 Å². The molecule has 1 aromatic carbocycles. The first-order valence-corrected chi connectivity index (χ1v) is 7.71. The van der Waals surface area contributed by atoms with Gasteiger partial charge in [-0.15, -0.1) is 0 Å². The molecule has 0 saturated carbocycles. The summed E-state index contributed by atoms with van der Waals surface area (Å²) in [5, 5.41) is 6.05. The second kappa shape index (κ2) is 5.65. The van der Waals surface area contributed by atoms with Crippen LogP contribution in [0.25, 0.3) is 22.4 Å². The number of hydrogen-bond acceptors (Lipinski definition) is 6. The summed E-state index contributed by atoms with van der Waals surface area (Å²) in [6, 6.07) is 13.5. The van der Waals surface area contributed by atoms with E-state index in [9.17, 15) is 0 Å². The third kappa shape index (κ3) is 2.48. The molecule has 0 atom stereocenters. The highest BCUT2D eigenvalue weighted by Crippen LogP contribution is 2.28. The van der Waals surface area contributed by atoms with Gasteiger partial charge in [-0.2, -0.15) is 0 Å². The number of fused-ring (bicyclic) bond motifs is 1. The first kappa shape index (κ1) is 13.1. The van der Waals surface area contributed by atoms with E-state index in [2.05, 4.69) is 15.1 Å². The van der Waals surface area contributed by atoms with Crippen molar-refractivity contribution in [2.24, 2.45) is 0 Å². The molecule has 5 nitrogen and oxygen atoms in total. The van der Waals surface area contributed by atoms with Gasteiger partial charge >= 0.3 is 0 Å². The minimum Gasteiger partial charge on any atom is -0.461 e. The first-order valence-electron chi connectivity index (χ1n) is 6.72. The minimum atomic E-state index is 0.633. The van der Waals surface area contributed by atoms with Gasteiger partial charge in [-0.05, 0) is 18.2 Å². The molecular weight excluding hydrogens is 298 g/mol. The van der Waals surface area contributed by atoms with Crippen LogP contribution in [0.1, 0.15) is 5.69 Å².